The maximum atomic E-state index is 12.4. The van der Waals surface area contributed by atoms with E-state index in [4.69, 9.17) is 0 Å². The highest BCUT2D eigenvalue weighted by Crippen LogP contribution is 2.30. The van der Waals surface area contributed by atoms with E-state index in [9.17, 15) is 9.59 Å². The third kappa shape index (κ3) is 5.75. The van der Waals surface area contributed by atoms with Crippen molar-refractivity contribution in [3.8, 4) is 0 Å². The SMILES string of the molecule is Cc1cnc(NC(=O)CN(CC2CC2)C(=O)CC(C)(C)C)s1. The number of thiazole rings is 1. The van der Waals surface area contributed by atoms with Gasteiger partial charge in [-0.15, -0.1) is 11.3 Å². The fourth-order valence-electron chi connectivity index (χ4n) is 2.18. The molecule has 2 rings (SSSR count). The summed E-state index contributed by atoms with van der Waals surface area (Å²) in [5, 5.41) is 3.37. The summed E-state index contributed by atoms with van der Waals surface area (Å²) in [5.74, 6) is 0.459. The zero-order valence-corrected chi connectivity index (χ0v) is 14.6. The molecular weight excluding hydrogens is 298 g/mol. The van der Waals surface area contributed by atoms with Crippen molar-refractivity contribution in [3.63, 3.8) is 0 Å². The first-order valence-electron chi connectivity index (χ1n) is 7.73. The number of nitrogens with one attached hydrogen (secondary N) is 1. The van der Waals surface area contributed by atoms with E-state index < -0.39 is 0 Å². The zero-order chi connectivity index (χ0) is 16.3. The van der Waals surface area contributed by atoms with Gasteiger partial charge in [-0.25, -0.2) is 4.98 Å². The van der Waals surface area contributed by atoms with E-state index in [2.05, 4.69) is 10.3 Å². The van der Waals surface area contributed by atoms with Crippen molar-refractivity contribution in [2.24, 2.45) is 11.3 Å². The second-order valence-electron chi connectivity index (χ2n) is 7.28. The summed E-state index contributed by atoms with van der Waals surface area (Å²) in [5.41, 5.74) is -0.0677. The van der Waals surface area contributed by atoms with Crippen LogP contribution >= 0.6 is 11.3 Å². The van der Waals surface area contributed by atoms with Gasteiger partial charge in [-0.2, -0.15) is 0 Å². The molecule has 1 aliphatic rings. The summed E-state index contributed by atoms with van der Waals surface area (Å²) < 4.78 is 0. The number of aromatic nitrogens is 1. The van der Waals surface area contributed by atoms with E-state index in [0.29, 0.717) is 24.0 Å². The summed E-state index contributed by atoms with van der Waals surface area (Å²) >= 11 is 1.44. The molecule has 0 bridgehead atoms. The molecule has 1 aliphatic carbocycles. The van der Waals surface area contributed by atoms with Crippen molar-refractivity contribution in [3.05, 3.63) is 11.1 Å². The average Bonchev–Trinajstić information content (AvgIpc) is 3.09. The Bertz CT molecular complexity index is 544. The van der Waals surface area contributed by atoms with Crippen LogP contribution in [0, 0.1) is 18.3 Å². The van der Waals surface area contributed by atoms with Crippen LogP contribution in [-0.4, -0.2) is 34.8 Å². The van der Waals surface area contributed by atoms with Gasteiger partial charge in [0.25, 0.3) is 0 Å². The van der Waals surface area contributed by atoms with E-state index in [0.717, 1.165) is 17.7 Å². The van der Waals surface area contributed by atoms with Gasteiger partial charge in [0.1, 0.15) is 0 Å². The minimum absolute atomic E-state index is 0.0601. The minimum Gasteiger partial charge on any atom is -0.333 e. The molecule has 22 heavy (non-hydrogen) atoms. The monoisotopic (exact) mass is 323 g/mol. The number of rotatable bonds is 6. The van der Waals surface area contributed by atoms with Crippen LogP contribution in [0.1, 0.15) is 44.9 Å². The van der Waals surface area contributed by atoms with E-state index in [-0.39, 0.29) is 23.8 Å². The van der Waals surface area contributed by atoms with Crippen LogP contribution in [0.4, 0.5) is 5.13 Å². The number of anilines is 1. The molecule has 0 aliphatic heterocycles. The molecule has 0 saturated heterocycles. The number of hydrogen-bond acceptors (Lipinski definition) is 4. The van der Waals surface area contributed by atoms with E-state index in [1.165, 1.54) is 11.3 Å². The molecule has 6 heteroatoms. The largest absolute Gasteiger partial charge is 0.333 e. The maximum absolute atomic E-state index is 12.4. The molecule has 122 valence electrons. The van der Waals surface area contributed by atoms with Crippen molar-refractivity contribution in [1.82, 2.24) is 9.88 Å². The standard InChI is InChI=1S/C16H25N3O2S/c1-11-8-17-15(22-11)18-13(20)10-19(9-12-5-6-12)14(21)7-16(2,3)4/h8,12H,5-7,9-10H2,1-4H3,(H,17,18,20). The molecule has 2 amide bonds. The fourth-order valence-corrected chi connectivity index (χ4v) is 2.86. The number of carbonyl (C=O) groups excluding carboxylic acids is 2. The smallest absolute Gasteiger partial charge is 0.245 e. The Labute approximate surface area is 136 Å². The second kappa shape index (κ2) is 6.77. The van der Waals surface area contributed by atoms with Crippen molar-refractivity contribution >= 4 is 28.3 Å². The number of aryl methyl sites for hydroxylation is 1. The van der Waals surface area contributed by atoms with Crippen molar-refractivity contribution in [2.45, 2.75) is 47.0 Å². The molecule has 5 nitrogen and oxygen atoms in total. The first-order chi connectivity index (χ1) is 10.2. The van der Waals surface area contributed by atoms with Crippen LogP contribution in [0.2, 0.25) is 0 Å². The summed E-state index contributed by atoms with van der Waals surface area (Å²) in [6, 6.07) is 0. The van der Waals surface area contributed by atoms with Gasteiger partial charge in [-0.05, 0) is 31.1 Å². The van der Waals surface area contributed by atoms with Gasteiger partial charge in [0.05, 0.1) is 6.54 Å². The van der Waals surface area contributed by atoms with Gasteiger partial charge in [0.15, 0.2) is 5.13 Å². The highest BCUT2D eigenvalue weighted by Gasteiger charge is 2.29. The highest BCUT2D eigenvalue weighted by molar-refractivity contribution is 7.15. The second-order valence-corrected chi connectivity index (χ2v) is 8.51. The van der Waals surface area contributed by atoms with Gasteiger partial charge in [-0.1, -0.05) is 20.8 Å². The molecular formula is C16H25N3O2S. The number of carbonyl (C=O) groups is 2. The quantitative estimate of drug-likeness (QED) is 0.875. The summed E-state index contributed by atoms with van der Waals surface area (Å²) in [4.78, 5) is 31.5. The molecule has 0 atom stereocenters. The normalized spacial score (nSPS) is 14.7. The van der Waals surface area contributed by atoms with E-state index >= 15 is 0 Å². The third-order valence-electron chi connectivity index (χ3n) is 3.41. The molecule has 1 saturated carbocycles. The zero-order valence-electron chi connectivity index (χ0n) is 13.8. The van der Waals surface area contributed by atoms with E-state index in [1.807, 2.05) is 27.7 Å². The first-order valence-corrected chi connectivity index (χ1v) is 8.54. The minimum atomic E-state index is -0.169. The Kier molecular flexibility index (Phi) is 5.21. The number of nitrogens with zero attached hydrogens (tertiary/aromatic N) is 2. The molecule has 0 radical (unpaired) electrons. The lowest BCUT2D eigenvalue weighted by molar-refractivity contribution is -0.136. The summed E-state index contributed by atoms with van der Waals surface area (Å²) in [6.07, 6.45) is 4.51. The molecule has 1 heterocycles. The summed E-state index contributed by atoms with van der Waals surface area (Å²) in [6.45, 7) is 8.87. The Hall–Kier alpha value is -1.43. The van der Waals surface area contributed by atoms with Crippen LogP contribution in [0.15, 0.2) is 6.20 Å². The molecule has 0 spiro atoms. The average molecular weight is 323 g/mol. The lowest BCUT2D eigenvalue weighted by Crippen LogP contribution is -2.40. The lowest BCUT2D eigenvalue weighted by atomic mass is 9.91. The van der Waals surface area contributed by atoms with Crippen LogP contribution in [0.25, 0.3) is 0 Å². The number of hydrogen-bond donors (Lipinski definition) is 1. The van der Waals surface area contributed by atoms with Gasteiger partial charge in [0.2, 0.25) is 11.8 Å². The lowest BCUT2D eigenvalue weighted by Gasteiger charge is -2.26. The van der Waals surface area contributed by atoms with Crippen LogP contribution in [-0.2, 0) is 9.59 Å². The van der Waals surface area contributed by atoms with Gasteiger partial charge in [-0.3, -0.25) is 9.59 Å². The van der Waals surface area contributed by atoms with Crippen molar-refractivity contribution in [1.29, 1.82) is 0 Å². The Morgan fingerprint density at radius 1 is 1.41 bits per heavy atom. The number of amides is 2. The predicted molar refractivity (Wildman–Crippen MR) is 88.9 cm³/mol. The Morgan fingerprint density at radius 2 is 2.09 bits per heavy atom. The van der Waals surface area contributed by atoms with Crippen LogP contribution in [0.5, 0.6) is 0 Å². The molecule has 1 fully saturated rings. The van der Waals surface area contributed by atoms with E-state index in [1.54, 1.807) is 11.1 Å². The molecule has 1 aromatic heterocycles. The Balaban J connectivity index is 1.93. The molecule has 0 unspecified atom stereocenters. The Morgan fingerprint density at radius 3 is 2.59 bits per heavy atom. The predicted octanol–water partition coefficient (Wildman–Crippen LogP) is 3.06. The third-order valence-corrected chi connectivity index (χ3v) is 4.24. The van der Waals surface area contributed by atoms with Crippen LogP contribution in [0.3, 0.4) is 0 Å². The van der Waals surface area contributed by atoms with Crippen LogP contribution < -0.4 is 5.32 Å². The van der Waals surface area contributed by atoms with Gasteiger partial charge >= 0.3 is 0 Å². The summed E-state index contributed by atoms with van der Waals surface area (Å²) in [7, 11) is 0. The molecule has 1 N–H and O–H groups in total. The van der Waals surface area contributed by atoms with Gasteiger partial charge in [0, 0.05) is 24.0 Å². The van der Waals surface area contributed by atoms with Gasteiger partial charge < -0.3 is 10.2 Å². The fraction of sp³-hybridized carbons (Fsp3) is 0.688. The molecule has 1 aromatic rings. The topological polar surface area (TPSA) is 62.3 Å². The van der Waals surface area contributed by atoms with Crippen molar-refractivity contribution < 1.29 is 9.59 Å². The van der Waals surface area contributed by atoms with Crippen molar-refractivity contribution in [2.75, 3.05) is 18.4 Å². The maximum Gasteiger partial charge on any atom is 0.245 e. The highest BCUT2D eigenvalue weighted by atomic mass is 32.1. The molecule has 0 aromatic carbocycles. The first kappa shape index (κ1) is 16.9.